The standard InChI is InChI=1S/C32H41N5O6S/c1-5-7-8-12-28-33-21(3)29-32(39)34-31(35-37(28)29)25-20-24(17-18-27(25)43-6-2)44(40,41)36-19-10-9-11-26(36)30(38)22-13-15-23(42-4)16-14-22/h13-18,20,26,30,38H,5-12,19H2,1-4H3,(H,34,35,39). The third-order valence-electron chi connectivity index (χ3n) is 8.18. The number of aliphatic hydroxyl groups excluding tert-OH is 1. The van der Waals surface area contributed by atoms with Crippen LogP contribution in [0.4, 0.5) is 0 Å². The topological polar surface area (TPSA) is 139 Å². The van der Waals surface area contributed by atoms with E-state index in [1.165, 1.54) is 16.4 Å². The van der Waals surface area contributed by atoms with Crippen LogP contribution >= 0.6 is 0 Å². The number of benzene rings is 2. The van der Waals surface area contributed by atoms with Gasteiger partial charge in [-0.2, -0.15) is 4.31 Å². The molecule has 1 saturated heterocycles. The smallest absolute Gasteiger partial charge is 0.277 e. The van der Waals surface area contributed by atoms with Gasteiger partial charge in [0.15, 0.2) is 11.3 Å². The van der Waals surface area contributed by atoms with Crippen LogP contribution in [0.15, 0.2) is 52.2 Å². The molecule has 44 heavy (non-hydrogen) atoms. The van der Waals surface area contributed by atoms with Crippen LogP contribution in [0.2, 0.25) is 0 Å². The molecule has 0 radical (unpaired) electrons. The van der Waals surface area contributed by atoms with E-state index in [1.807, 2.05) is 6.92 Å². The lowest BCUT2D eigenvalue weighted by Crippen LogP contribution is -2.46. The normalized spacial score (nSPS) is 16.7. The minimum atomic E-state index is -4.06. The summed E-state index contributed by atoms with van der Waals surface area (Å²) in [4.78, 5) is 20.7. The Bertz CT molecular complexity index is 1770. The van der Waals surface area contributed by atoms with E-state index >= 15 is 0 Å². The maximum absolute atomic E-state index is 14.2. The quantitative estimate of drug-likeness (QED) is 0.215. The molecule has 0 saturated carbocycles. The van der Waals surface area contributed by atoms with E-state index in [4.69, 9.17) is 14.6 Å². The number of aromatic amines is 1. The predicted octanol–water partition coefficient (Wildman–Crippen LogP) is 4.81. The number of hydrogen-bond donors (Lipinski definition) is 2. The lowest BCUT2D eigenvalue weighted by Gasteiger charge is -2.37. The number of unbranched alkanes of at least 4 members (excludes halogenated alkanes) is 2. The molecule has 0 amide bonds. The second-order valence-electron chi connectivity index (χ2n) is 11.1. The van der Waals surface area contributed by atoms with E-state index in [2.05, 4.69) is 16.9 Å². The van der Waals surface area contributed by atoms with E-state index < -0.39 is 22.2 Å². The molecule has 1 fully saturated rings. The number of aliphatic hydroxyl groups is 1. The van der Waals surface area contributed by atoms with Crippen LogP contribution in [0.25, 0.3) is 16.9 Å². The predicted molar refractivity (Wildman–Crippen MR) is 168 cm³/mol. The van der Waals surface area contributed by atoms with E-state index in [0.717, 1.165) is 25.7 Å². The van der Waals surface area contributed by atoms with Gasteiger partial charge in [-0.15, -0.1) is 5.10 Å². The molecule has 0 aliphatic carbocycles. The molecular formula is C32H41N5O6S. The Hall–Kier alpha value is -3.74. The highest BCUT2D eigenvalue weighted by molar-refractivity contribution is 7.89. The van der Waals surface area contributed by atoms with Crippen molar-refractivity contribution >= 4 is 15.5 Å². The van der Waals surface area contributed by atoms with Gasteiger partial charge in [-0.05, 0) is 69.0 Å². The number of imidazole rings is 1. The minimum absolute atomic E-state index is 0.0255. The van der Waals surface area contributed by atoms with Crippen molar-refractivity contribution in [2.24, 2.45) is 0 Å². The highest BCUT2D eigenvalue weighted by Crippen LogP contribution is 2.36. The second-order valence-corrected chi connectivity index (χ2v) is 13.0. The first-order chi connectivity index (χ1) is 21.2. The van der Waals surface area contributed by atoms with Gasteiger partial charge in [-0.25, -0.2) is 17.9 Å². The first-order valence-electron chi connectivity index (χ1n) is 15.3. The first-order valence-corrected chi connectivity index (χ1v) is 16.7. The number of nitrogens with zero attached hydrogens (tertiary/aromatic N) is 4. The van der Waals surface area contributed by atoms with E-state index in [1.54, 1.807) is 48.9 Å². The molecule has 3 heterocycles. The van der Waals surface area contributed by atoms with Crippen LogP contribution < -0.4 is 15.0 Å². The number of hydrogen-bond acceptors (Lipinski definition) is 8. The summed E-state index contributed by atoms with van der Waals surface area (Å²) in [6.45, 7) is 6.35. The molecule has 236 valence electrons. The Morgan fingerprint density at radius 2 is 1.89 bits per heavy atom. The van der Waals surface area contributed by atoms with Gasteiger partial charge >= 0.3 is 0 Å². The van der Waals surface area contributed by atoms with Crippen molar-refractivity contribution in [2.45, 2.75) is 82.8 Å². The molecular weight excluding hydrogens is 582 g/mol. The van der Waals surface area contributed by atoms with Gasteiger partial charge in [-0.3, -0.25) is 4.79 Å². The number of piperidine rings is 1. The number of fused-ring (bicyclic) bond motifs is 1. The number of H-pyrrole nitrogens is 1. The van der Waals surface area contributed by atoms with Crippen molar-refractivity contribution in [3.05, 3.63) is 69.9 Å². The van der Waals surface area contributed by atoms with Crippen LogP contribution in [0, 0.1) is 6.92 Å². The molecule has 2 N–H and O–H groups in total. The zero-order valence-corrected chi connectivity index (χ0v) is 26.6. The number of aromatic nitrogens is 4. The minimum Gasteiger partial charge on any atom is -0.497 e. The molecule has 0 bridgehead atoms. The number of rotatable bonds is 12. The van der Waals surface area contributed by atoms with Crippen LogP contribution in [-0.2, 0) is 16.4 Å². The summed E-state index contributed by atoms with van der Waals surface area (Å²) in [7, 11) is -2.49. The number of nitrogens with one attached hydrogen (secondary N) is 1. The Labute approximate surface area is 257 Å². The van der Waals surface area contributed by atoms with Gasteiger partial charge in [0.1, 0.15) is 17.3 Å². The molecule has 4 aromatic rings. The zero-order valence-electron chi connectivity index (χ0n) is 25.7. The number of sulfonamides is 1. The van der Waals surface area contributed by atoms with Gasteiger partial charge in [0.05, 0.1) is 42.0 Å². The van der Waals surface area contributed by atoms with E-state index in [0.29, 0.717) is 65.5 Å². The molecule has 2 aromatic heterocycles. The van der Waals surface area contributed by atoms with Crippen molar-refractivity contribution in [1.29, 1.82) is 0 Å². The van der Waals surface area contributed by atoms with Gasteiger partial charge in [0.25, 0.3) is 5.56 Å². The summed E-state index contributed by atoms with van der Waals surface area (Å²) in [5.74, 6) is 1.92. The Morgan fingerprint density at radius 1 is 1.11 bits per heavy atom. The van der Waals surface area contributed by atoms with Crippen LogP contribution in [0.1, 0.15) is 75.6 Å². The van der Waals surface area contributed by atoms with Gasteiger partial charge in [0.2, 0.25) is 10.0 Å². The Kier molecular flexibility index (Phi) is 9.72. The maximum atomic E-state index is 14.2. The maximum Gasteiger partial charge on any atom is 0.277 e. The van der Waals surface area contributed by atoms with Crippen molar-refractivity contribution in [2.75, 3.05) is 20.3 Å². The van der Waals surface area contributed by atoms with Gasteiger partial charge in [-0.1, -0.05) is 38.3 Å². The molecule has 1 aliphatic rings. The summed E-state index contributed by atoms with van der Waals surface area (Å²) in [6.07, 6.45) is 4.64. The van der Waals surface area contributed by atoms with Crippen molar-refractivity contribution in [3.8, 4) is 22.9 Å². The fourth-order valence-electron chi connectivity index (χ4n) is 5.89. The Morgan fingerprint density at radius 3 is 2.59 bits per heavy atom. The molecule has 5 rings (SSSR count). The van der Waals surface area contributed by atoms with E-state index in [9.17, 15) is 18.3 Å². The SMILES string of the molecule is CCCCCc1nc(C)c2c(=O)[nH]c(-c3cc(S(=O)(=O)N4CCCCC4C(O)c4ccc(OC)cc4)ccc3OCC)nn12. The Balaban J connectivity index is 1.56. The number of ether oxygens (including phenoxy) is 2. The van der Waals surface area contributed by atoms with Gasteiger partial charge < -0.3 is 19.6 Å². The van der Waals surface area contributed by atoms with Crippen molar-refractivity contribution in [3.63, 3.8) is 0 Å². The molecule has 1 aliphatic heterocycles. The monoisotopic (exact) mass is 623 g/mol. The fourth-order valence-corrected chi connectivity index (χ4v) is 7.62. The second kappa shape index (κ2) is 13.5. The van der Waals surface area contributed by atoms with E-state index in [-0.39, 0.29) is 22.8 Å². The lowest BCUT2D eigenvalue weighted by atomic mass is 9.95. The summed E-state index contributed by atoms with van der Waals surface area (Å²) >= 11 is 0. The lowest BCUT2D eigenvalue weighted by molar-refractivity contribution is 0.0690. The third-order valence-corrected chi connectivity index (χ3v) is 10.1. The average Bonchev–Trinajstić information content (AvgIpc) is 3.36. The molecule has 11 nitrogen and oxygen atoms in total. The van der Waals surface area contributed by atoms with Crippen molar-refractivity contribution in [1.82, 2.24) is 23.9 Å². The van der Waals surface area contributed by atoms with Crippen LogP contribution in [-0.4, -0.2) is 63.7 Å². The van der Waals surface area contributed by atoms with Crippen molar-refractivity contribution < 1.29 is 23.0 Å². The number of aryl methyl sites for hydroxylation is 2. The average molecular weight is 624 g/mol. The molecule has 2 atom stereocenters. The molecule has 12 heteroatoms. The fraction of sp³-hybridized carbons (Fsp3) is 0.469. The zero-order chi connectivity index (χ0) is 31.4. The first kappa shape index (κ1) is 31.7. The summed E-state index contributed by atoms with van der Waals surface area (Å²) in [6, 6.07) is 11.0. The summed E-state index contributed by atoms with van der Waals surface area (Å²) in [5.41, 5.74) is 1.55. The molecule has 2 unspecified atom stereocenters. The molecule has 2 aromatic carbocycles. The van der Waals surface area contributed by atoms with Crippen LogP contribution in [0.5, 0.6) is 11.5 Å². The summed E-state index contributed by atoms with van der Waals surface area (Å²) < 4.78 is 42.5. The van der Waals surface area contributed by atoms with Crippen LogP contribution in [0.3, 0.4) is 0 Å². The molecule has 0 spiro atoms. The highest BCUT2D eigenvalue weighted by atomic mass is 32.2. The third kappa shape index (κ3) is 6.24. The summed E-state index contributed by atoms with van der Waals surface area (Å²) in [5, 5.41) is 16.1. The number of methoxy groups -OCH3 is 1. The largest absolute Gasteiger partial charge is 0.497 e. The highest BCUT2D eigenvalue weighted by Gasteiger charge is 2.38. The van der Waals surface area contributed by atoms with Gasteiger partial charge in [0, 0.05) is 13.0 Å².